The summed E-state index contributed by atoms with van der Waals surface area (Å²) in [6.07, 6.45) is 2.36. The molecule has 156 valence electrons. The van der Waals surface area contributed by atoms with Gasteiger partial charge in [0.05, 0.1) is 24.8 Å². The lowest BCUT2D eigenvalue weighted by atomic mass is 9.92. The molecule has 2 rings (SSSR count). The molecule has 1 saturated heterocycles. The van der Waals surface area contributed by atoms with Crippen LogP contribution in [0.4, 0.5) is 0 Å². The molecule has 1 aromatic carbocycles. The van der Waals surface area contributed by atoms with Crippen LogP contribution in [0.1, 0.15) is 37.8 Å². The molecule has 1 aromatic rings. The zero-order valence-corrected chi connectivity index (χ0v) is 19.6. The van der Waals surface area contributed by atoms with Gasteiger partial charge in [-0.05, 0) is 23.6 Å². The summed E-state index contributed by atoms with van der Waals surface area (Å²) in [7, 11) is 1.80. The number of nitriles is 1. The number of guanidine groups is 1. The quantitative estimate of drug-likeness (QED) is 0.327. The first-order valence-electron chi connectivity index (χ1n) is 9.97. The molecule has 28 heavy (non-hydrogen) atoms. The number of benzene rings is 1. The van der Waals surface area contributed by atoms with Gasteiger partial charge in [-0.15, -0.1) is 24.0 Å². The Labute approximate surface area is 186 Å². The fraction of sp³-hybridized carbons (Fsp3) is 0.619. The molecule has 0 radical (unpaired) electrons. The third-order valence-corrected chi connectivity index (χ3v) is 5.35. The van der Waals surface area contributed by atoms with Crippen LogP contribution in [0, 0.1) is 17.2 Å². The van der Waals surface area contributed by atoms with Crippen LogP contribution in [-0.4, -0.2) is 56.8 Å². The summed E-state index contributed by atoms with van der Waals surface area (Å²) < 4.78 is 5.53. The molecule has 1 aliphatic rings. The number of rotatable bonds is 8. The molecule has 1 heterocycles. The first kappa shape index (κ1) is 24.7. The normalized spacial score (nSPS) is 16.2. The van der Waals surface area contributed by atoms with Gasteiger partial charge < -0.3 is 15.4 Å². The smallest absolute Gasteiger partial charge is 0.191 e. The molecule has 1 fully saturated rings. The molecule has 0 bridgehead atoms. The first-order valence-corrected chi connectivity index (χ1v) is 9.97. The van der Waals surface area contributed by atoms with E-state index >= 15 is 0 Å². The van der Waals surface area contributed by atoms with Crippen molar-refractivity contribution >= 4 is 29.9 Å². The van der Waals surface area contributed by atoms with Gasteiger partial charge in [0.15, 0.2) is 5.96 Å². The lowest BCUT2D eigenvalue weighted by Gasteiger charge is -2.39. The van der Waals surface area contributed by atoms with Crippen molar-refractivity contribution in [1.82, 2.24) is 15.5 Å². The average molecular weight is 499 g/mol. The summed E-state index contributed by atoms with van der Waals surface area (Å²) in [5, 5.41) is 15.8. The molecule has 6 nitrogen and oxygen atoms in total. The van der Waals surface area contributed by atoms with Crippen LogP contribution >= 0.6 is 24.0 Å². The highest BCUT2D eigenvalue weighted by Crippen LogP contribution is 2.19. The molecule has 1 atom stereocenters. The van der Waals surface area contributed by atoms with Gasteiger partial charge in [0.2, 0.25) is 0 Å². The van der Waals surface area contributed by atoms with Crippen LogP contribution in [-0.2, 0) is 11.3 Å². The second kappa shape index (κ2) is 13.7. The van der Waals surface area contributed by atoms with Gasteiger partial charge in [-0.1, -0.05) is 38.8 Å². The highest BCUT2D eigenvalue weighted by atomic mass is 127. The van der Waals surface area contributed by atoms with Gasteiger partial charge in [-0.25, -0.2) is 0 Å². The van der Waals surface area contributed by atoms with E-state index < -0.39 is 0 Å². The predicted octanol–water partition coefficient (Wildman–Crippen LogP) is 2.98. The van der Waals surface area contributed by atoms with Crippen molar-refractivity contribution in [3.05, 3.63) is 35.4 Å². The maximum Gasteiger partial charge on any atom is 0.191 e. The number of halogens is 1. The highest BCUT2D eigenvalue weighted by molar-refractivity contribution is 14.0. The van der Waals surface area contributed by atoms with Gasteiger partial charge in [0.1, 0.15) is 0 Å². The van der Waals surface area contributed by atoms with Crippen molar-refractivity contribution in [1.29, 1.82) is 5.26 Å². The van der Waals surface area contributed by atoms with Crippen LogP contribution in [0.5, 0.6) is 0 Å². The fourth-order valence-electron chi connectivity index (χ4n) is 3.64. The number of hydrogen-bond acceptors (Lipinski definition) is 4. The van der Waals surface area contributed by atoms with Crippen LogP contribution < -0.4 is 10.6 Å². The summed E-state index contributed by atoms with van der Waals surface area (Å²) in [5.74, 6) is 1.47. The maximum atomic E-state index is 8.89. The summed E-state index contributed by atoms with van der Waals surface area (Å²) >= 11 is 0. The number of hydrogen-bond donors (Lipinski definition) is 2. The average Bonchev–Trinajstić information content (AvgIpc) is 2.74. The molecule has 1 unspecified atom stereocenters. The molecule has 0 saturated carbocycles. The van der Waals surface area contributed by atoms with E-state index in [1.807, 2.05) is 24.3 Å². The Hall–Kier alpha value is -1.37. The van der Waals surface area contributed by atoms with E-state index in [0.717, 1.165) is 44.4 Å². The molecular weight excluding hydrogens is 465 g/mol. The van der Waals surface area contributed by atoms with Crippen LogP contribution in [0.25, 0.3) is 0 Å². The van der Waals surface area contributed by atoms with Crippen molar-refractivity contribution in [2.75, 3.05) is 39.9 Å². The second-order valence-corrected chi connectivity index (χ2v) is 6.91. The zero-order chi connectivity index (χ0) is 19.5. The van der Waals surface area contributed by atoms with Gasteiger partial charge in [-0.3, -0.25) is 9.89 Å². The minimum absolute atomic E-state index is 0. The van der Waals surface area contributed by atoms with Crippen molar-refractivity contribution in [3.63, 3.8) is 0 Å². The van der Waals surface area contributed by atoms with Crippen molar-refractivity contribution in [3.8, 4) is 6.07 Å². The van der Waals surface area contributed by atoms with E-state index in [1.165, 1.54) is 12.8 Å². The Balaban J connectivity index is 0.00000392. The van der Waals surface area contributed by atoms with Crippen molar-refractivity contribution < 1.29 is 4.74 Å². The third kappa shape index (κ3) is 7.57. The summed E-state index contributed by atoms with van der Waals surface area (Å²) in [6, 6.07) is 10.3. The molecule has 0 aliphatic carbocycles. The van der Waals surface area contributed by atoms with Crippen LogP contribution in [0.2, 0.25) is 0 Å². The lowest BCUT2D eigenvalue weighted by Crippen LogP contribution is -2.53. The molecule has 0 spiro atoms. The Kier molecular flexibility index (Phi) is 12.1. The largest absolute Gasteiger partial charge is 0.379 e. The standard InChI is InChI=1S/C21H33N5O.HI/c1-4-19(5-2)20(26-10-12-27-13-11-26)16-25-21(23-3)24-15-18-8-6-17(14-22)7-9-18;/h6-9,19-20H,4-5,10-13,15-16H2,1-3H3,(H2,23,24,25);1H. The molecule has 0 aromatic heterocycles. The molecular formula is C21H34IN5O. The number of nitrogens with one attached hydrogen (secondary N) is 2. The fourth-order valence-corrected chi connectivity index (χ4v) is 3.64. The molecule has 2 N–H and O–H groups in total. The third-order valence-electron chi connectivity index (χ3n) is 5.35. The topological polar surface area (TPSA) is 72.7 Å². The number of nitrogens with zero attached hydrogens (tertiary/aromatic N) is 3. The minimum Gasteiger partial charge on any atom is -0.379 e. The maximum absolute atomic E-state index is 8.89. The Morgan fingerprint density at radius 2 is 1.82 bits per heavy atom. The number of ether oxygens (including phenoxy) is 1. The molecule has 7 heteroatoms. The van der Waals surface area contributed by atoms with E-state index in [9.17, 15) is 0 Å². The highest BCUT2D eigenvalue weighted by Gasteiger charge is 2.26. The SMILES string of the molecule is CCC(CC)C(CNC(=NC)NCc1ccc(C#N)cc1)N1CCOCC1.I. The van der Waals surface area contributed by atoms with Gasteiger partial charge in [-0.2, -0.15) is 5.26 Å². The second-order valence-electron chi connectivity index (χ2n) is 6.91. The van der Waals surface area contributed by atoms with Gasteiger partial charge >= 0.3 is 0 Å². The Morgan fingerprint density at radius 1 is 1.18 bits per heavy atom. The van der Waals surface area contributed by atoms with Gasteiger partial charge in [0, 0.05) is 39.3 Å². The van der Waals surface area contributed by atoms with E-state index in [4.69, 9.17) is 10.00 Å². The molecule has 0 amide bonds. The van der Waals surface area contributed by atoms with E-state index in [2.05, 4.69) is 40.4 Å². The summed E-state index contributed by atoms with van der Waals surface area (Å²) in [5.41, 5.74) is 1.81. The van der Waals surface area contributed by atoms with Gasteiger partial charge in [0.25, 0.3) is 0 Å². The Bertz CT molecular complexity index is 619. The minimum atomic E-state index is 0. The van der Waals surface area contributed by atoms with E-state index in [1.54, 1.807) is 7.05 Å². The predicted molar refractivity (Wildman–Crippen MR) is 125 cm³/mol. The van der Waals surface area contributed by atoms with Crippen LogP contribution in [0.15, 0.2) is 29.3 Å². The zero-order valence-electron chi connectivity index (χ0n) is 17.3. The van der Waals surface area contributed by atoms with Crippen molar-refractivity contribution in [2.45, 2.75) is 39.3 Å². The summed E-state index contributed by atoms with van der Waals surface area (Å²) in [4.78, 5) is 6.92. The van der Waals surface area contributed by atoms with Crippen LogP contribution in [0.3, 0.4) is 0 Å². The first-order chi connectivity index (χ1) is 13.2. The monoisotopic (exact) mass is 499 g/mol. The summed E-state index contributed by atoms with van der Waals surface area (Å²) in [6.45, 7) is 9.75. The lowest BCUT2D eigenvalue weighted by molar-refractivity contribution is 0.00272. The Morgan fingerprint density at radius 3 is 2.36 bits per heavy atom. The van der Waals surface area contributed by atoms with Crippen molar-refractivity contribution in [2.24, 2.45) is 10.9 Å². The number of morpholine rings is 1. The van der Waals surface area contributed by atoms with E-state index in [0.29, 0.717) is 24.1 Å². The molecule has 1 aliphatic heterocycles. The number of aliphatic imine (C=N–C) groups is 1. The van der Waals surface area contributed by atoms with E-state index in [-0.39, 0.29) is 24.0 Å².